The van der Waals surface area contributed by atoms with Gasteiger partial charge in [-0.05, 0) is 24.5 Å². The Morgan fingerprint density at radius 1 is 0.826 bits per heavy atom. The van der Waals surface area contributed by atoms with Gasteiger partial charge in [-0.1, -0.05) is 82.9 Å². The molecular formula is C18H29CrO3S-. The fourth-order valence-electron chi connectivity index (χ4n) is 2.76. The molecule has 0 fully saturated rings. The van der Waals surface area contributed by atoms with Gasteiger partial charge in [0.15, 0.2) is 0 Å². The standard InChI is InChI=1S/C18H30O3S.Cr/c1-2-3-4-5-6-7-8-9-10-11-14-17-15-12-13-16-18(17)22(19,20)21;/h12-13,15-16H,2-11,14H2,1H3,(H,19,20,21);/p-1. The van der Waals surface area contributed by atoms with Gasteiger partial charge in [-0.15, -0.1) is 0 Å². The van der Waals surface area contributed by atoms with Crippen molar-refractivity contribution in [1.82, 2.24) is 0 Å². The third-order valence-corrected chi connectivity index (χ3v) is 4.98. The van der Waals surface area contributed by atoms with E-state index in [1.807, 2.05) is 0 Å². The van der Waals surface area contributed by atoms with E-state index in [0.717, 1.165) is 12.8 Å². The number of unbranched alkanes of at least 4 members (excludes halogenated alkanes) is 9. The van der Waals surface area contributed by atoms with Crippen molar-refractivity contribution in [3.63, 3.8) is 0 Å². The SMILES string of the molecule is CCCCCCCCCCCCc1ccccc1S(=O)(=O)[O-].[Cr]. The number of aryl methyl sites for hydroxylation is 1. The van der Waals surface area contributed by atoms with Crippen LogP contribution < -0.4 is 0 Å². The molecule has 0 N–H and O–H groups in total. The summed E-state index contributed by atoms with van der Waals surface area (Å²) >= 11 is 0. The van der Waals surface area contributed by atoms with Gasteiger partial charge >= 0.3 is 0 Å². The van der Waals surface area contributed by atoms with Crippen molar-refractivity contribution >= 4 is 10.1 Å². The minimum Gasteiger partial charge on any atom is -0.744 e. The van der Waals surface area contributed by atoms with Crippen LogP contribution in [0.1, 0.15) is 76.7 Å². The number of hydrogen-bond acceptors (Lipinski definition) is 3. The molecule has 0 unspecified atom stereocenters. The molecule has 1 rings (SSSR count). The first-order valence-corrected chi connectivity index (χ1v) is 10.0. The van der Waals surface area contributed by atoms with Gasteiger partial charge < -0.3 is 4.55 Å². The number of benzene rings is 1. The van der Waals surface area contributed by atoms with Crippen molar-refractivity contribution in [1.29, 1.82) is 0 Å². The molecular weight excluding hydrogens is 348 g/mol. The normalized spacial score (nSPS) is 11.2. The largest absolute Gasteiger partial charge is 0.744 e. The quantitative estimate of drug-likeness (QED) is 0.378. The van der Waals surface area contributed by atoms with Gasteiger partial charge in [0.25, 0.3) is 0 Å². The Morgan fingerprint density at radius 2 is 1.30 bits per heavy atom. The minimum absolute atomic E-state index is 0. The van der Waals surface area contributed by atoms with Crippen LogP contribution in [-0.4, -0.2) is 13.0 Å². The average molecular weight is 377 g/mol. The zero-order chi connectivity index (χ0) is 16.3. The molecule has 1 aromatic carbocycles. The molecule has 0 aliphatic rings. The zero-order valence-corrected chi connectivity index (χ0v) is 16.2. The molecule has 0 spiro atoms. The Hall–Kier alpha value is -0.338. The fraction of sp³-hybridized carbons (Fsp3) is 0.667. The second kappa shape index (κ2) is 13.0. The molecule has 23 heavy (non-hydrogen) atoms. The predicted molar refractivity (Wildman–Crippen MR) is 90.0 cm³/mol. The van der Waals surface area contributed by atoms with Crippen molar-refractivity contribution in [2.75, 3.05) is 0 Å². The van der Waals surface area contributed by atoms with E-state index >= 15 is 0 Å². The van der Waals surface area contributed by atoms with Gasteiger partial charge in [0.2, 0.25) is 0 Å². The maximum absolute atomic E-state index is 11.2. The molecule has 3 nitrogen and oxygen atoms in total. The first-order chi connectivity index (χ1) is 10.6. The van der Waals surface area contributed by atoms with E-state index in [1.165, 1.54) is 57.4 Å². The summed E-state index contributed by atoms with van der Waals surface area (Å²) in [4.78, 5) is -0.0501. The first-order valence-electron chi connectivity index (χ1n) is 8.59. The molecule has 0 bridgehead atoms. The summed E-state index contributed by atoms with van der Waals surface area (Å²) in [5.74, 6) is 0. The Morgan fingerprint density at radius 3 is 1.83 bits per heavy atom. The summed E-state index contributed by atoms with van der Waals surface area (Å²) in [6.45, 7) is 2.23. The van der Waals surface area contributed by atoms with Gasteiger partial charge in [-0.2, -0.15) is 0 Å². The molecule has 0 heterocycles. The van der Waals surface area contributed by atoms with E-state index in [2.05, 4.69) is 6.92 Å². The smallest absolute Gasteiger partial charge is 0.124 e. The van der Waals surface area contributed by atoms with Crippen LogP contribution >= 0.6 is 0 Å². The molecule has 5 heteroatoms. The van der Waals surface area contributed by atoms with Crippen LogP contribution in [0.2, 0.25) is 0 Å². The first kappa shape index (κ1) is 22.7. The Bertz CT molecular complexity index is 515. The van der Waals surface area contributed by atoms with Gasteiger partial charge in [-0.25, -0.2) is 8.42 Å². The minimum atomic E-state index is -4.35. The van der Waals surface area contributed by atoms with Crippen LogP contribution in [0.15, 0.2) is 29.2 Å². The molecule has 1 aromatic rings. The molecule has 0 atom stereocenters. The van der Waals surface area contributed by atoms with E-state index in [9.17, 15) is 13.0 Å². The van der Waals surface area contributed by atoms with Crippen molar-refractivity contribution in [2.24, 2.45) is 0 Å². The molecule has 0 saturated carbocycles. The third-order valence-electron chi connectivity index (χ3n) is 4.04. The van der Waals surface area contributed by atoms with E-state index in [0.29, 0.717) is 12.0 Å². The van der Waals surface area contributed by atoms with Gasteiger partial charge in [-0.3, -0.25) is 0 Å². The Balaban J connectivity index is 0.00000484. The Kier molecular flexibility index (Phi) is 12.8. The predicted octanol–water partition coefficient (Wildman–Crippen LogP) is 5.05. The number of rotatable bonds is 12. The van der Waals surface area contributed by atoms with E-state index < -0.39 is 10.1 Å². The molecule has 132 valence electrons. The monoisotopic (exact) mass is 377 g/mol. The maximum Gasteiger partial charge on any atom is 0.124 e. The van der Waals surface area contributed by atoms with Crippen molar-refractivity contribution in [3.05, 3.63) is 29.8 Å². The van der Waals surface area contributed by atoms with Crippen LogP contribution in [0, 0.1) is 0 Å². The molecule has 0 aliphatic heterocycles. The summed E-state index contributed by atoms with van der Waals surface area (Å²) in [6.07, 6.45) is 13.2. The van der Waals surface area contributed by atoms with Crippen molar-refractivity contribution < 1.29 is 30.3 Å². The fourth-order valence-corrected chi connectivity index (χ4v) is 3.49. The van der Waals surface area contributed by atoms with Crippen LogP contribution in [0.4, 0.5) is 0 Å². The summed E-state index contributed by atoms with van der Waals surface area (Å²) in [6, 6.07) is 6.56. The molecule has 0 radical (unpaired) electrons. The van der Waals surface area contributed by atoms with Gasteiger partial charge in [0, 0.05) is 17.4 Å². The van der Waals surface area contributed by atoms with Gasteiger partial charge in [0.1, 0.15) is 10.1 Å². The summed E-state index contributed by atoms with van der Waals surface area (Å²) in [5.41, 5.74) is 0.664. The maximum atomic E-state index is 11.2. The third kappa shape index (κ3) is 10.2. The molecule has 0 aliphatic carbocycles. The van der Waals surface area contributed by atoms with E-state index in [4.69, 9.17) is 0 Å². The van der Waals surface area contributed by atoms with Crippen LogP contribution in [0.25, 0.3) is 0 Å². The molecule has 0 aromatic heterocycles. The molecule has 0 amide bonds. The summed E-state index contributed by atoms with van der Waals surface area (Å²) in [7, 11) is -4.35. The van der Waals surface area contributed by atoms with Gasteiger partial charge in [0.05, 0.1) is 4.90 Å². The van der Waals surface area contributed by atoms with E-state index in [-0.39, 0.29) is 22.3 Å². The summed E-state index contributed by atoms with van der Waals surface area (Å²) in [5, 5.41) is 0. The van der Waals surface area contributed by atoms with Crippen molar-refractivity contribution in [2.45, 2.75) is 82.4 Å². The zero-order valence-electron chi connectivity index (χ0n) is 14.1. The second-order valence-electron chi connectivity index (χ2n) is 5.99. The Labute approximate surface area is 152 Å². The van der Waals surface area contributed by atoms with Crippen LogP contribution in [-0.2, 0) is 33.9 Å². The number of hydrogen-bond donors (Lipinski definition) is 0. The van der Waals surface area contributed by atoms with E-state index in [1.54, 1.807) is 18.2 Å². The van der Waals surface area contributed by atoms with Crippen LogP contribution in [0.5, 0.6) is 0 Å². The summed E-state index contributed by atoms with van der Waals surface area (Å²) < 4.78 is 33.5. The van der Waals surface area contributed by atoms with Crippen molar-refractivity contribution in [3.8, 4) is 0 Å². The topological polar surface area (TPSA) is 57.2 Å². The van der Waals surface area contributed by atoms with Crippen LogP contribution in [0.3, 0.4) is 0 Å². The second-order valence-corrected chi connectivity index (χ2v) is 7.34. The average Bonchev–Trinajstić information content (AvgIpc) is 2.48. The molecule has 0 saturated heterocycles.